The molecule has 2 aromatic carbocycles. The molecule has 0 saturated heterocycles. The van der Waals surface area contributed by atoms with Gasteiger partial charge in [-0.2, -0.15) is 5.10 Å². The van der Waals surface area contributed by atoms with Gasteiger partial charge in [0.2, 0.25) is 0 Å². The van der Waals surface area contributed by atoms with Crippen LogP contribution >= 0.6 is 0 Å². The molecule has 4 heteroatoms. The number of aryl methyl sites for hydroxylation is 1. The number of pyridine rings is 2. The van der Waals surface area contributed by atoms with Gasteiger partial charge in [0.1, 0.15) is 5.52 Å². The van der Waals surface area contributed by atoms with Crippen LogP contribution in [0.2, 0.25) is 0 Å². The third kappa shape index (κ3) is 1.83. The number of H-pyrrole nitrogens is 1. The molecule has 0 bridgehead atoms. The number of hydrogen-bond acceptors (Lipinski definition) is 3. The summed E-state index contributed by atoms with van der Waals surface area (Å²) in [4.78, 5) is 9.71. The maximum Gasteiger partial charge on any atom is 0.112 e. The lowest BCUT2D eigenvalue weighted by Crippen LogP contribution is -1.92. The van der Waals surface area contributed by atoms with Crippen LogP contribution in [0.25, 0.3) is 44.1 Å². The molecular weight excluding hydrogens is 296 g/mol. The number of nitrogens with zero attached hydrogens (tertiary/aromatic N) is 3. The molecule has 24 heavy (non-hydrogen) atoms. The second-order valence-corrected chi connectivity index (χ2v) is 5.93. The lowest BCUT2D eigenvalue weighted by atomic mass is 10.0. The van der Waals surface area contributed by atoms with Crippen LogP contribution in [0, 0.1) is 6.92 Å². The summed E-state index contributed by atoms with van der Waals surface area (Å²) in [5, 5.41) is 10.8. The zero-order valence-corrected chi connectivity index (χ0v) is 13.1. The molecule has 0 unspecified atom stereocenters. The summed E-state index contributed by atoms with van der Waals surface area (Å²) in [5.74, 6) is 0. The molecule has 5 aromatic rings. The van der Waals surface area contributed by atoms with Crippen molar-refractivity contribution < 1.29 is 0 Å². The van der Waals surface area contributed by atoms with E-state index in [4.69, 9.17) is 9.97 Å². The van der Waals surface area contributed by atoms with Crippen LogP contribution in [-0.2, 0) is 0 Å². The molecule has 0 amide bonds. The van der Waals surface area contributed by atoms with Crippen LogP contribution in [0.1, 0.15) is 5.69 Å². The average Bonchev–Trinajstić information content (AvgIpc) is 3.02. The van der Waals surface area contributed by atoms with Gasteiger partial charge in [-0.1, -0.05) is 48.5 Å². The fourth-order valence-corrected chi connectivity index (χ4v) is 3.22. The van der Waals surface area contributed by atoms with Crippen molar-refractivity contribution in [2.45, 2.75) is 6.92 Å². The third-order valence-electron chi connectivity index (χ3n) is 4.43. The van der Waals surface area contributed by atoms with Gasteiger partial charge in [0.25, 0.3) is 0 Å². The Kier molecular flexibility index (Phi) is 2.67. The summed E-state index contributed by atoms with van der Waals surface area (Å²) in [6.45, 7) is 1.97. The van der Waals surface area contributed by atoms with E-state index in [0.29, 0.717) is 0 Å². The van der Waals surface area contributed by atoms with E-state index in [9.17, 15) is 0 Å². The first kappa shape index (κ1) is 13.2. The topological polar surface area (TPSA) is 54.5 Å². The fourth-order valence-electron chi connectivity index (χ4n) is 3.22. The summed E-state index contributed by atoms with van der Waals surface area (Å²) in [6.07, 6.45) is 0. The number of benzene rings is 2. The molecule has 0 aliphatic carbocycles. The molecule has 0 spiro atoms. The van der Waals surface area contributed by atoms with Crippen LogP contribution in [0.15, 0.2) is 60.7 Å². The van der Waals surface area contributed by atoms with Crippen LogP contribution in [0.5, 0.6) is 0 Å². The lowest BCUT2D eigenvalue weighted by Gasteiger charge is -2.08. The van der Waals surface area contributed by atoms with E-state index in [1.165, 1.54) is 0 Å². The van der Waals surface area contributed by atoms with Gasteiger partial charge in [-0.25, -0.2) is 9.97 Å². The Labute approximate surface area is 138 Å². The van der Waals surface area contributed by atoms with Crippen molar-refractivity contribution in [3.63, 3.8) is 0 Å². The summed E-state index contributed by atoms with van der Waals surface area (Å²) >= 11 is 0. The minimum atomic E-state index is 0.882. The number of hydrogen-bond donors (Lipinski definition) is 1. The van der Waals surface area contributed by atoms with Gasteiger partial charge in [-0.3, -0.25) is 5.10 Å². The Bertz CT molecular complexity index is 1220. The highest BCUT2D eigenvalue weighted by atomic mass is 15.1. The molecule has 0 radical (unpaired) electrons. The molecule has 1 N–H and O–H groups in total. The zero-order valence-electron chi connectivity index (χ0n) is 13.1. The van der Waals surface area contributed by atoms with Crippen LogP contribution < -0.4 is 0 Å². The van der Waals surface area contributed by atoms with Gasteiger partial charge < -0.3 is 0 Å². The van der Waals surface area contributed by atoms with Crippen molar-refractivity contribution in [3.05, 3.63) is 66.4 Å². The highest BCUT2D eigenvalue weighted by molar-refractivity contribution is 6.09. The van der Waals surface area contributed by atoms with Gasteiger partial charge in [0.05, 0.1) is 28.1 Å². The number of aromatic amines is 1. The summed E-state index contributed by atoms with van der Waals surface area (Å²) in [5.41, 5.74) is 5.54. The second-order valence-electron chi connectivity index (χ2n) is 5.93. The van der Waals surface area contributed by atoms with Crippen molar-refractivity contribution in [2.75, 3.05) is 0 Å². The predicted octanol–water partition coefficient (Wildman–Crippen LogP) is 4.63. The first-order chi connectivity index (χ1) is 11.8. The van der Waals surface area contributed by atoms with Crippen molar-refractivity contribution in [2.24, 2.45) is 0 Å². The van der Waals surface area contributed by atoms with Crippen molar-refractivity contribution in [1.29, 1.82) is 0 Å². The highest BCUT2D eigenvalue weighted by Crippen LogP contribution is 2.32. The zero-order chi connectivity index (χ0) is 16.1. The van der Waals surface area contributed by atoms with Crippen molar-refractivity contribution >= 4 is 32.7 Å². The van der Waals surface area contributed by atoms with E-state index >= 15 is 0 Å². The molecule has 0 saturated carbocycles. The minimum absolute atomic E-state index is 0.882. The monoisotopic (exact) mass is 310 g/mol. The van der Waals surface area contributed by atoms with E-state index in [0.717, 1.165) is 49.8 Å². The van der Waals surface area contributed by atoms with Crippen LogP contribution in [-0.4, -0.2) is 20.2 Å². The molecule has 0 atom stereocenters. The normalized spacial score (nSPS) is 11.5. The first-order valence-corrected chi connectivity index (χ1v) is 7.91. The maximum atomic E-state index is 4.88. The molecule has 114 valence electrons. The quantitative estimate of drug-likeness (QED) is 0.491. The van der Waals surface area contributed by atoms with Gasteiger partial charge >= 0.3 is 0 Å². The van der Waals surface area contributed by atoms with Crippen LogP contribution in [0.4, 0.5) is 0 Å². The number of para-hydroxylation sites is 1. The molecule has 4 nitrogen and oxygen atoms in total. The Morgan fingerprint density at radius 1 is 0.792 bits per heavy atom. The minimum Gasteiger partial charge on any atom is -0.275 e. The number of rotatable bonds is 1. The standard InChI is InChI=1S/C20H14N4/c1-12-18-20(24-23-12)15-8-4-3-7-14(15)19(22-18)17-11-10-13-6-2-5-9-16(13)21-17/h2-11H,1H3,(H,23,24). The molecule has 3 heterocycles. The molecule has 3 aromatic heterocycles. The smallest absolute Gasteiger partial charge is 0.112 e. The predicted molar refractivity (Wildman–Crippen MR) is 96.9 cm³/mol. The summed E-state index contributed by atoms with van der Waals surface area (Å²) in [6, 6.07) is 20.5. The molecule has 0 aliphatic heterocycles. The number of fused-ring (bicyclic) bond motifs is 4. The van der Waals surface area contributed by atoms with Gasteiger partial charge in [-0.15, -0.1) is 0 Å². The average molecular weight is 310 g/mol. The van der Waals surface area contributed by atoms with Crippen LogP contribution in [0.3, 0.4) is 0 Å². The van der Waals surface area contributed by atoms with Gasteiger partial charge in [0, 0.05) is 16.2 Å². The Morgan fingerprint density at radius 2 is 1.58 bits per heavy atom. The van der Waals surface area contributed by atoms with E-state index in [2.05, 4.69) is 34.5 Å². The van der Waals surface area contributed by atoms with E-state index in [1.807, 2.05) is 43.3 Å². The molecule has 0 fully saturated rings. The van der Waals surface area contributed by atoms with E-state index in [-0.39, 0.29) is 0 Å². The number of aromatic nitrogens is 4. The van der Waals surface area contributed by atoms with Gasteiger partial charge in [-0.05, 0) is 19.1 Å². The third-order valence-corrected chi connectivity index (χ3v) is 4.43. The first-order valence-electron chi connectivity index (χ1n) is 7.91. The molecule has 0 aliphatic rings. The SMILES string of the molecule is Cc1n[nH]c2c1nc(-c1ccc3ccccc3n1)c1ccccc12. The van der Waals surface area contributed by atoms with Gasteiger partial charge in [0.15, 0.2) is 0 Å². The maximum absolute atomic E-state index is 4.88. The summed E-state index contributed by atoms with van der Waals surface area (Å²) < 4.78 is 0. The summed E-state index contributed by atoms with van der Waals surface area (Å²) in [7, 11) is 0. The highest BCUT2D eigenvalue weighted by Gasteiger charge is 2.14. The lowest BCUT2D eigenvalue weighted by molar-refractivity contribution is 1.07. The Hall–Kier alpha value is -3.27. The fraction of sp³-hybridized carbons (Fsp3) is 0.0500. The Balaban J connectivity index is 1.90. The molecular formula is C20H14N4. The van der Waals surface area contributed by atoms with Crippen molar-refractivity contribution in [3.8, 4) is 11.4 Å². The second kappa shape index (κ2) is 4.86. The van der Waals surface area contributed by atoms with Crippen molar-refractivity contribution in [1.82, 2.24) is 20.2 Å². The molecule has 5 rings (SSSR count). The Morgan fingerprint density at radius 3 is 2.50 bits per heavy atom. The largest absolute Gasteiger partial charge is 0.275 e. The number of nitrogens with one attached hydrogen (secondary N) is 1. The van der Waals surface area contributed by atoms with E-state index in [1.54, 1.807) is 0 Å². The van der Waals surface area contributed by atoms with E-state index < -0.39 is 0 Å².